The first kappa shape index (κ1) is 23.3. The van der Waals surface area contributed by atoms with Crippen molar-refractivity contribution in [2.24, 2.45) is 0 Å². The maximum atomic E-state index is 11.0. The Hall–Kier alpha value is -2.02. The molecule has 1 atom stereocenters. The molecule has 0 saturated carbocycles. The fourth-order valence-corrected chi connectivity index (χ4v) is 3.32. The molecule has 2 aliphatic rings. The summed E-state index contributed by atoms with van der Waals surface area (Å²) in [6.07, 6.45) is 0.742. The Morgan fingerprint density at radius 1 is 0.966 bits per heavy atom. The number of halogens is 2. The summed E-state index contributed by atoms with van der Waals surface area (Å²) in [5.41, 5.74) is 3.38. The molecule has 4 rings (SSSR count). The van der Waals surface area contributed by atoms with Crippen LogP contribution in [0, 0.1) is 0 Å². The van der Waals surface area contributed by atoms with Crippen molar-refractivity contribution in [2.75, 3.05) is 10.6 Å². The lowest BCUT2D eigenvalue weighted by Crippen LogP contribution is -2.03. The predicted octanol–water partition coefficient (Wildman–Crippen LogP) is 2.24. The van der Waals surface area contributed by atoms with Crippen molar-refractivity contribution >= 4 is 66.1 Å². The Balaban J connectivity index is 0.000000175. The van der Waals surface area contributed by atoms with Crippen LogP contribution in [0.3, 0.4) is 0 Å². The maximum Gasteiger partial charge on any atom is 0.261 e. The second kappa shape index (κ2) is 10.1. The van der Waals surface area contributed by atoms with E-state index in [2.05, 4.69) is 26.2 Å². The second-order valence-corrected chi connectivity index (χ2v) is 9.11. The van der Waals surface area contributed by atoms with Crippen LogP contribution in [0.5, 0.6) is 0 Å². The molecule has 1 unspecified atom stereocenters. The zero-order chi connectivity index (χ0) is 21.6. The number of para-hydroxylation sites is 1. The van der Waals surface area contributed by atoms with Crippen molar-refractivity contribution in [1.29, 1.82) is 0 Å². The number of fused-ring (bicyclic) bond motifs is 2. The van der Waals surface area contributed by atoms with Crippen LogP contribution in [0.2, 0.25) is 0 Å². The van der Waals surface area contributed by atoms with Crippen LogP contribution in [0.25, 0.3) is 0 Å². The fourth-order valence-electron chi connectivity index (χ4n) is 2.52. The van der Waals surface area contributed by atoms with Gasteiger partial charge in [0.2, 0.25) is 11.8 Å². The molecule has 2 aromatic rings. The summed E-state index contributed by atoms with van der Waals surface area (Å²) in [5.74, 6) is -0.0367. The standard InChI is InChI=1S/C8H6ClNO3S.C8H7NO.ClHO3S/c9-14(12,13)6-1-2-7-5(3-6)4-8(11)10-7;10-8-5-6-3-1-2-4-7(6)9-8;1-4-5(2)3/h1-3H,4H2,(H,10,11);1-4H,5H2,(H,9,10);(H,2,3)/p-1. The number of carbonyl (C=O) groups is 2. The summed E-state index contributed by atoms with van der Waals surface area (Å²) >= 11 is 1.67. The summed E-state index contributed by atoms with van der Waals surface area (Å²) in [7, 11) is 1.45. The average Bonchev–Trinajstić information content (AvgIpc) is 3.21. The van der Waals surface area contributed by atoms with Gasteiger partial charge in [0.1, 0.15) is 11.4 Å². The van der Waals surface area contributed by atoms with E-state index in [-0.39, 0.29) is 23.1 Å². The number of rotatable bonds is 2. The SMILES string of the molecule is O=C1Cc2cc(S(=O)(=O)Cl)ccc2N1.O=C1Cc2ccccc2N1.O=S([O-])OCl. The Morgan fingerprint density at radius 3 is 2.00 bits per heavy atom. The van der Waals surface area contributed by atoms with E-state index in [1.54, 1.807) is 0 Å². The topological polar surface area (TPSA) is 142 Å². The molecule has 2 N–H and O–H groups in total. The highest BCUT2D eigenvalue weighted by Crippen LogP contribution is 2.27. The highest BCUT2D eigenvalue weighted by atomic mass is 35.7. The lowest BCUT2D eigenvalue weighted by molar-refractivity contribution is -0.115. The molecule has 0 bridgehead atoms. The van der Waals surface area contributed by atoms with Crippen molar-refractivity contribution in [3.05, 3.63) is 53.6 Å². The molecule has 13 heteroatoms. The van der Waals surface area contributed by atoms with Gasteiger partial charge in [-0.2, -0.15) is 3.74 Å². The van der Waals surface area contributed by atoms with Gasteiger partial charge in [0.15, 0.2) is 0 Å². The number of amides is 2. The number of hydrogen-bond acceptors (Lipinski definition) is 7. The second-order valence-electron chi connectivity index (χ2n) is 5.63. The van der Waals surface area contributed by atoms with E-state index < -0.39 is 20.4 Å². The molecule has 2 amide bonds. The highest BCUT2D eigenvalue weighted by molar-refractivity contribution is 8.13. The summed E-state index contributed by atoms with van der Waals surface area (Å²) < 4.78 is 43.1. The zero-order valence-electron chi connectivity index (χ0n) is 14.4. The largest absolute Gasteiger partial charge is 0.749 e. The van der Waals surface area contributed by atoms with Gasteiger partial charge in [-0.25, -0.2) is 12.6 Å². The number of nitrogens with one attached hydrogen (secondary N) is 2. The Bertz CT molecular complexity index is 1030. The lowest BCUT2D eigenvalue weighted by atomic mass is 10.2. The van der Waals surface area contributed by atoms with Gasteiger partial charge >= 0.3 is 0 Å². The first-order valence-electron chi connectivity index (χ1n) is 7.73. The maximum absolute atomic E-state index is 11.0. The number of anilines is 2. The van der Waals surface area contributed by atoms with Gasteiger partial charge in [0.25, 0.3) is 9.05 Å². The van der Waals surface area contributed by atoms with E-state index in [9.17, 15) is 18.0 Å². The third-order valence-corrected chi connectivity index (χ3v) is 5.44. The van der Waals surface area contributed by atoms with Crippen LogP contribution in [-0.4, -0.2) is 29.0 Å². The number of benzene rings is 2. The molecule has 156 valence electrons. The first-order chi connectivity index (χ1) is 13.6. The van der Waals surface area contributed by atoms with E-state index in [4.69, 9.17) is 19.4 Å². The van der Waals surface area contributed by atoms with Crippen molar-refractivity contribution < 1.29 is 30.5 Å². The smallest absolute Gasteiger partial charge is 0.261 e. The number of carbonyl (C=O) groups excluding carboxylic acids is 2. The van der Waals surface area contributed by atoms with Crippen molar-refractivity contribution in [3.8, 4) is 0 Å². The van der Waals surface area contributed by atoms with Gasteiger partial charge < -0.3 is 15.2 Å². The molecule has 0 aromatic heterocycles. The average molecular weight is 480 g/mol. The van der Waals surface area contributed by atoms with E-state index in [1.165, 1.54) is 18.2 Å². The summed E-state index contributed by atoms with van der Waals surface area (Å²) in [6.45, 7) is 0. The normalized spacial score (nSPS) is 14.9. The molecule has 0 saturated heterocycles. The van der Waals surface area contributed by atoms with Crippen molar-refractivity contribution in [1.82, 2.24) is 0 Å². The summed E-state index contributed by atoms with van der Waals surface area (Å²) in [4.78, 5) is 21.8. The van der Waals surface area contributed by atoms with E-state index in [0.717, 1.165) is 11.3 Å². The molecular weight excluding hydrogens is 467 g/mol. The Morgan fingerprint density at radius 2 is 1.48 bits per heavy atom. The molecule has 0 aliphatic carbocycles. The molecular formula is C16H13Cl2N2O7S2-. The van der Waals surface area contributed by atoms with E-state index >= 15 is 0 Å². The molecule has 29 heavy (non-hydrogen) atoms. The van der Waals surface area contributed by atoms with Crippen LogP contribution >= 0.6 is 22.5 Å². The van der Waals surface area contributed by atoms with Gasteiger partial charge in [0.05, 0.1) is 29.6 Å². The number of hydrogen-bond donors (Lipinski definition) is 2. The van der Waals surface area contributed by atoms with Crippen LogP contribution in [0.4, 0.5) is 11.4 Å². The molecule has 0 fully saturated rings. The summed E-state index contributed by atoms with van der Waals surface area (Å²) in [5, 5.41) is 5.36. The van der Waals surface area contributed by atoms with Crippen molar-refractivity contribution in [2.45, 2.75) is 17.7 Å². The molecule has 9 nitrogen and oxygen atoms in total. The van der Waals surface area contributed by atoms with E-state index in [0.29, 0.717) is 17.7 Å². The van der Waals surface area contributed by atoms with Crippen LogP contribution in [0.1, 0.15) is 11.1 Å². The Kier molecular flexibility index (Phi) is 8.14. The minimum Gasteiger partial charge on any atom is -0.749 e. The quantitative estimate of drug-likeness (QED) is 0.496. The molecule has 0 radical (unpaired) electrons. The highest BCUT2D eigenvalue weighted by Gasteiger charge is 2.20. The van der Waals surface area contributed by atoms with Gasteiger partial charge in [-0.05, 0) is 35.4 Å². The Labute approximate surface area is 178 Å². The monoisotopic (exact) mass is 479 g/mol. The fraction of sp³-hybridized carbons (Fsp3) is 0.125. The molecule has 2 heterocycles. The third-order valence-electron chi connectivity index (χ3n) is 3.68. The van der Waals surface area contributed by atoms with Gasteiger partial charge in [-0.15, -0.1) is 0 Å². The minimum atomic E-state index is -3.71. The molecule has 2 aromatic carbocycles. The first-order valence-corrected chi connectivity index (χ1v) is 11.4. The molecule has 2 aliphatic heterocycles. The van der Waals surface area contributed by atoms with Crippen molar-refractivity contribution in [3.63, 3.8) is 0 Å². The molecule has 0 spiro atoms. The predicted molar refractivity (Wildman–Crippen MR) is 106 cm³/mol. The third kappa shape index (κ3) is 7.07. The van der Waals surface area contributed by atoms with Crippen LogP contribution < -0.4 is 10.6 Å². The van der Waals surface area contributed by atoms with Gasteiger partial charge in [0, 0.05) is 22.1 Å². The van der Waals surface area contributed by atoms with Crippen LogP contribution in [0.15, 0.2) is 47.4 Å². The summed E-state index contributed by atoms with van der Waals surface area (Å²) in [6, 6.07) is 12.1. The van der Waals surface area contributed by atoms with E-state index in [1.807, 2.05) is 24.3 Å². The minimum absolute atomic E-state index is 0.0226. The lowest BCUT2D eigenvalue weighted by Gasteiger charge is -1.99. The van der Waals surface area contributed by atoms with Crippen LogP contribution in [-0.2, 0) is 46.6 Å². The van der Waals surface area contributed by atoms with Gasteiger partial charge in [-0.1, -0.05) is 18.2 Å². The zero-order valence-corrected chi connectivity index (χ0v) is 17.5. The van der Waals surface area contributed by atoms with Gasteiger partial charge in [-0.3, -0.25) is 9.59 Å².